The molecule has 1 aromatic rings. The summed E-state index contributed by atoms with van der Waals surface area (Å²) in [5, 5.41) is 0. The number of hydrogen-bond acceptors (Lipinski definition) is 2. The van der Waals surface area contributed by atoms with E-state index in [0.29, 0.717) is 4.47 Å². The predicted molar refractivity (Wildman–Crippen MR) is 54.7 cm³/mol. The van der Waals surface area contributed by atoms with E-state index in [2.05, 4.69) is 20.7 Å². The van der Waals surface area contributed by atoms with Crippen molar-refractivity contribution in [2.45, 2.75) is 12.8 Å². The molecule has 0 aliphatic rings. The first-order valence-corrected chi connectivity index (χ1v) is 5.09. The molecule has 0 aliphatic carbocycles. The number of rotatable bonds is 3. The molecule has 0 fully saturated rings. The Morgan fingerprint density at radius 3 is 2.73 bits per heavy atom. The Morgan fingerprint density at radius 1 is 1.53 bits per heavy atom. The lowest BCUT2D eigenvalue weighted by atomic mass is 10.1. The van der Waals surface area contributed by atoms with Crippen LogP contribution in [0.4, 0.5) is 8.78 Å². The molecule has 0 unspecified atom stereocenters. The molecule has 1 rings (SSSR count). The third-order valence-electron chi connectivity index (χ3n) is 1.72. The van der Waals surface area contributed by atoms with Crippen molar-refractivity contribution in [2.24, 2.45) is 0 Å². The van der Waals surface area contributed by atoms with Crippen LogP contribution in [0, 0.1) is 0 Å². The lowest BCUT2D eigenvalue weighted by Crippen LogP contribution is -2.28. The number of ether oxygens (including phenoxy) is 1. The number of alkyl halides is 2. The van der Waals surface area contributed by atoms with E-state index in [9.17, 15) is 13.6 Å². The zero-order valence-corrected chi connectivity index (χ0v) is 9.55. The predicted octanol–water partition coefficient (Wildman–Crippen LogP) is 3.10. The van der Waals surface area contributed by atoms with E-state index >= 15 is 0 Å². The van der Waals surface area contributed by atoms with Crippen molar-refractivity contribution in [1.82, 2.24) is 0 Å². The lowest BCUT2D eigenvalue weighted by molar-refractivity contribution is -0.173. The number of carbonyl (C=O) groups excluding carboxylic acids is 1. The molecule has 0 amide bonds. The van der Waals surface area contributed by atoms with E-state index in [-0.39, 0.29) is 12.2 Å². The summed E-state index contributed by atoms with van der Waals surface area (Å²) < 4.78 is 31.6. The molecule has 2 nitrogen and oxygen atoms in total. The standard InChI is InChI=1S/C10H9BrF2O2/c1-2-15-9(14)10(12,13)7-4-3-5-8(11)6-7/h3-6H,2H2,1H3. The quantitative estimate of drug-likeness (QED) is 0.795. The van der Waals surface area contributed by atoms with Gasteiger partial charge in [-0.1, -0.05) is 28.1 Å². The maximum Gasteiger partial charge on any atom is 0.381 e. The van der Waals surface area contributed by atoms with E-state index in [1.54, 1.807) is 6.07 Å². The fourth-order valence-electron chi connectivity index (χ4n) is 1.02. The number of halogens is 3. The fraction of sp³-hybridized carbons (Fsp3) is 0.300. The molecule has 15 heavy (non-hydrogen) atoms. The van der Waals surface area contributed by atoms with Gasteiger partial charge in [-0.15, -0.1) is 0 Å². The van der Waals surface area contributed by atoms with Crippen LogP contribution in [0.1, 0.15) is 12.5 Å². The van der Waals surface area contributed by atoms with E-state index in [1.807, 2.05) is 0 Å². The van der Waals surface area contributed by atoms with E-state index in [4.69, 9.17) is 0 Å². The molecule has 5 heteroatoms. The average Bonchev–Trinajstić information content (AvgIpc) is 2.18. The van der Waals surface area contributed by atoms with Crippen LogP contribution in [0.15, 0.2) is 28.7 Å². The highest BCUT2D eigenvalue weighted by Gasteiger charge is 2.42. The van der Waals surface area contributed by atoms with Gasteiger partial charge in [-0.2, -0.15) is 8.78 Å². The Morgan fingerprint density at radius 2 is 2.20 bits per heavy atom. The van der Waals surface area contributed by atoms with Gasteiger partial charge in [0.2, 0.25) is 0 Å². The Hall–Kier alpha value is -0.970. The van der Waals surface area contributed by atoms with Crippen LogP contribution in [0.5, 0.6) is 0 Å². The summed E-state index contributed by atoms with van der Waals surface area (Å²) in [6.45, 7) is 1.41. The second-order valence-corrected chi connectivity index (χ2v) is 3.72. The smallest absolute Gasteiger partial charge is 0.381 e. The van der Waals surface area contributed by atoms with Crippen molar-refractivity contribution in [2.75, 3.05) is 6.61 Å². The molecule has 0 N–H and O–H groups in total. The van der Waals surface area contributed by atoms with Crippen molar-refractivity contribution in [1.29, 1.82) is 0 Å². The largest absolute Gasteiger partial charge is 0.461 e. The molecule has 0 aromatic heterocycles. The number of hydrogen-bond donors (Lipinski definition) is 0. The van der Waals surface area contributed by atoms with Crippen molar-refractivity contribution in [3.05, 3.63) is 34.3 Å². The van der Waals surface area contributed by atoms with Crippen molar-refractivity contribution < 1.29 is 18.3 Å². The molecule has 0 radical (unpaired) electrons. The highest BCUT2D eigenvalue weighted by Crippen LogP contribution is 2.30. The first-order valence-electron chi connectivity index (χ1n) is 4.29. The van der Waals surface area contributed by atoms with Crippen molar-refractivity contribution in [3.63, 3.8) is 0 Å². The van der Waals surface area contributed by atoms with Crippen LogP contribution in [0.2, 0.25) is 0 Å². The zero-order valence-electron chi connectivity index (χ0n) is 7.97. The molecular weight excluding hydrogens is 270 g/mol. The van der Waals surface area contributed by atoms with Gasteiger partial charge in [0, 0.05) is 10.0 Å². The van der Waals surface area contributed by atoms with Gasteiger partial charge in [0.05, 0.1) is 6.61 Å². The Balaban J connectivity index is 2.99. The van der Waals surface area contributed by atoms with Gasteiger partial charge in [0.1, 0.15) is 0 Å². The highest BCUT2D eigenvalue weighted by atomic mass is 79.9. The summed E-state index contributed by atoms with van der Waals surface area (Å²) in [7, 11) is 0. The van der Waals surface area contributed by atoms with Crippen LogP contribution < -0.4 is 0 Å². The first kappa shape index (κ1) is 12.1. The van der Waals surface area contributed by atoms with Crippen LogP contribution in [-0.4, -0.2) is 12.6 Å². The maximum atomic E-state index is 13.4. The Labute approximate surface area is 94.4 Å². The van der Waals surface area contributed by atoms with Gasteiger partial charge >= 0.3 is 11.9 Å². The van der Waals surface area contributed by atoms with Gasteiger partial charge in [0.25, 0.3) is 0 Å². The highest BCUT2D eigenvalue weighted by molar-refractivity contribution is 9.10. The van der Waals surface area contributed by atoms with Crippen LogP contribution in [-0.2, 0) is 15.5 Å². The number of carbonyl (C=O) groups is 1. The topological polar surface area (TPSA) is 26.3 Å². The summed E-state index contributed by atoms with van der Waals surface area (Å²) in [4.78, 5) is 11.0. The summed E-state index contributed by atoms with van der Waals surface area (Å²) in [5.41, 5.74) is -0.379. The van der Waals surface area contributed by atoms with E-state index in [0.717, 1.165) is 0 Å². The Bertz CT molecular complexity index is 366. The van der Waals surface area contributed by atoms with E-state index < -0.39 is 11.9 Å². The molecule has 0 heterocycles. The molecule has 0 spiro atoms. The molecule has 82 valence electrons. The minimum absolute atomic E-state index is 0.0670. The second-order valence-electron chi connectivity index (χ2n) is 2.81. The van der Waals surface area contributed by atoms with Crippen molar-refractivity contribution in [3.8, 4) is 0 Å². The summed E-state index contributed by atoms with van der Waals surface area (Å²) in [6, 6.07) is 5.41. The van der Waals surface area contributed by atoms with Gasteiger partial charge in [-0.05, 0) is 19.1 Å². The van der Waals surface area contributed by atoms with E-state index in [1.165, 1.54) is 25.1 Å². The molecule has 0 atom stereocenters. The fourth-order valence-corrected chi connectivity index (χ4v) is 1.42. The number of esters is 1. The molecule has 0 aliphatic heterocycles. The minimum atomic E-state index is -3.60. The zero-order chi connectivity index (χ0) is 11.5. The Kier molecular flexibility index (Phi) is 3.79. The van der Waals surface area contributed by atoms with Crippen LogP contribution in [0.3, 0.4) is 0 Å². The SMILES string of the molecule is CCOC(=O)C(F)(F)c1cccc(Br)c1. The molecule has 0 saturated carbocycles. The normalized spacial score (nSPS) is 11.2. The second kappa shape index (κ2) is 4.70. The average molecular weight is 279 g/mol. The summed E-state index contributed by atoms with van der Waals surface area (Å²) in [5.74, 6) is -5.12. The first-order chi connectivity index (χ1) is 6.98. The van der Waals surface area contributed by atoms with Crippen LogP contribution in [0.25, 0.3) is 0 Å². The van der Waals surface area contributed by atoms with Gasteiger partial charge in [-0.3, -0.25) is 0 Å². The maximum absolute atomic E-state index is 13.4. The van der Waals surface area contributed by atoms with Crippen molar-refractivity contribution >= 4 is 21.9 Å². The summed E-state index contributed by atoms with van der Waals surface area (Å²) in [6.07, 6.45) is 0. The lowest BCUT2D eigenvalue weighted by Gasteiger charge is -2.14. The third-order valence-corrected chi connectivity index (χ3v) is 2.21. The number of benzene rings is 1. The molecule has 0 saturated heterocycles. The van der Waals surface area contributed by atoms with Crippen LogP contribution >= 0.6 is 15.9 Å². The third kappa shape index (κ3) is 2.75. The molecule has 1 aromatic carbocycles. The van der Waals surface area contributed by atoms with Gasteiger partial charge in [-0.25, -0.2) is 4.79 Å². The molecule has 0 bridgehead atoms. The van der Waals surface area contributed by atoms with Gasteiger partial charge in [0.15, 0.2) is 0 Å². The monoisotopic (exact) mass is 278 g/mol. The minimum Gasteiger partial charge on any atom is -0.461 e. The molecular formula is C10H9BrF2O2. The summed E-state index contributed by atoms with van der Waals surface area (Å²) >= 11 is 3.06. The van der Waals surface area contributed by atoms with Gasteiger partial charge < -0.3 is 4.74 Å².